The number of sulfone groups is 1. The lowest BCUT2D eigenvalue weighted by Gasteiger charge is -2.34. The third kappa shape index (κ3) is 3.52. The van der Waals surface area contributed by atoms with Gasteiger partial charge in [-0.2, -0.15) is 0 Å². The molecule has 0 aliphatic carbocycles. The molecule has 2 rings (SSSR count). The van der Waals surface area contributed by atoms with E-state index in [1.807, 2.05) is 4.90 Å². The van der Waals surface area contributed by atoms with E-state index in [0.29, 0.717) is 25.1 Å². The van der Waals surface area contributed by atoms with Crippen LogP contribution in [0.1, 0.15) is 18.0 Å². The van der Waals surface area contributed by atoms with Crippen LogP contribution in [0, 0.1) is 5.82 Å². The standard InChI is InChI=1S/C13H18FNO3S/c14-12-4-2-1-3-11(12)13(5-8-16)15-6-9-19(17,18)10-7-15/h1-4,13,16H,5-10H2/t13-/m1/s1. The van der Waals surface area contributed by atoms with Crippen LogP contribution >= 0.6 is 0 Å². The number of benzene rings is 1. The van der Waals surface area contributed by atoms with Crippen molar-refractivity contribution in [2.45, 2.75) is 12.5 Å². The summed E-state index contributed by atoms with van der Waals surface area (Å²) in [6.45, 7) is 0.727. The number of nitrogens with zero attached hydrogens (tertiary/aromatic N) is 1. The van der Waals surface area contributed by atoms with E-state index in [2.05, 4.69) is 0 Å². The van der Waals surface area contributed by atoms with Crippen LogP contribution in [-0.2, 0) is 9.84 Å². The van der Waals surface area contributed by atoms with Crippen LogP contribution in [0.15, 0.2) is 24.3 Å². The molecule has 0 unspecified atom stereocenters. The summed E-state index contributed by atoms with van der Waals surface area (Å²) in [6, 6.07) is 6.19. The molecule has 0 amide bonds. The van der Waals surface area contributed by atoms with Gasteiger partial charge >= 0.3 is 0 Å². The third-order valence-corrected chi connectivity index (χ3v) is 5.10. The average Bonchev–Trinajstić information content (AvgIpc) is 2.38. The summed E-state index contributed by atoms with van der Waals surface area (Å²) in [5.41, 5.74) is 0.524. The zero-order valence-electron chi connectivity index (χ0n) is 10.6. The van der Waals surface area contributed by atoms with Gasteiger partial charge in [0.1, 0.15) is 5.82 Å². The minimum Gasteiger partial charge on any atom is -0.396 e. The summed E-state index contributed by atoms with van der Waals surface area (Å²) in [5, 5.41) is 9.15. The molecule has 1 aromatic carbocycles. The van der Waals surface area contributed by atoms with Crippen LogP contribution in [0.3, 0.4) is 0 Å². The second-order valence-electron chi connectivity index (χ2n) is 4.74. The normalized spacial score (nSPS) is 21.2. The topological polar surface area (TPSA) is 57.6 Å². The van der Waals surface area contributed by atoms with Crippen LogP contribution < -0.4 is 0 Å². The Labute approximate surface area is 112 Å². The molecule has 4 nitrogen and oxygen atoms in total. The van der Waals surface area contributed by atoms with Crippen LogP contribution in [0.2, 0.25) is 0 Å². The molecule has 1 fully saturated rings. The third-order valence-electron chi connectivity index (χ3n) is 3.49. The monoisotopic (exact) mass is 287 g/mol. The number of aliphatic hydroxyl groups is 1. The molecule has 6 heteroatoms. The van der Waals surface area contributed by atoms with Crippen molar-refractivity contribution in [2.24, 2.45) is 0 Å². The maximum Gasteiger partial charge on any atom is 0.152 e. The van der Waals surface area contributed by atoms with Gasteiger partial charge in [0.2, 0.25) is 0 Å². The quantitative estimate of drug-likeness (QED) is 0.897. The van der Waals surface area contributed by atoms with Gasteiger partial charge in [0.25, 0.3) is 0 Å². The molecule has 1 aliphatic heterocycles. The Morgan fingerprint density at radius 3 is 2.47 bits per heavy atom. The molecule has 1 aromatic rings. The zero-order chi connectivity index (χ0) is 13.9. The van der Waals surface area contributed by atoms with E-state index in [4.69, 9.17) is 5.11 Å². The fourth-order valence-corrected chi connectivity index (χ4v) is 3.67. The number of hydrogen-bond acceptors (Lipinski definition) is 4. The summed E-state index contributed by atoms with van der Waals surface area (Å²) < 4.78 is 36.7. The largest absolute Gasteiger partial charge is 0.396 e. The Hall–Kier alpha value is -0.980. The average molecular weight is 287 g/mol. The molecule has 1 atom stereocenters. The molecule has 0 aromatic heterocycles. The predicted octanol–water partition coefficient (Wildman–Crippen LogP) is 0.980. The van der Waals surface area contributed by atoms with E-state index >= 15 is 0 Å². The van der Waals surface area contributed by atoms with Gasteiger partial charge in [0.15, 0.2) is 9.84 Å². The van der Waals surface area contributed by atoms with Crippen molar-refractivity contribution in [3.05, 3.63) is 35.6 Å². The minimum absolute atomic E-state index is 0.0533. The van der Waals surface area contributed by atoms with E-state index in [9.17, 15) is 12.8 Å². The maximum atomic E-state index is 13.8. The lowest BCUT2D eigenvalue weighted by atomic mass is 10.0. The number of halogens is 1. The van der Waals surface area contributed by atoms with E-state index in [1.165, 1.54) is 6.07 Å². The Kier molecular flexibility index (Phi) is 4.54. The molecule has 0 spiro atoms. The van der Waals surface area contributed by atoms with Crippen LogP contribution in [0.5, 0.6) is 0 Å². The van der Waals surface area contributed by atoms with Gasteiger partial charge in [-0.25, -0.2) is 12.8 Å². The SMILES string of the molecule is O=S1(=O)CCN([C@H](CCO)c2ccccc2F)CC1. The van der Waals surface area contributed by atoms with Crippen molar-refractivity contribution in [1.29, 1.82) is 0 Å². The first-order valence-electron chi connectivity index (χ1n) is 6.33. The van der Waals surface area contributed by atoms with Gasteiger partial charge in [-0.05, 0) is 12.5 Å². The molecule has 0 radical (unpaired) electrons. The Morgan fingerprint density at radius 1 is 1.26 bits per heavy atom. The highest BCUT2D eigenvalue weighted by Crippen LogP contribution is 2.27. The molecule has 106 valence electrons. The van der Waals surface area contributed by atoms with E-state index in [-0.39, 0.29) is 30.0 Å². The number of rotatable bonds is 4. The Morgan fingerprint density at radius 2 is 1.89 bits per heavy atom. The van der Waals surface area contributed by atoms with Crippen molar-refractivity contribution < 1.29 is 17.9 Å². The van der Waals surface area contributed by atoms with Gasteiger partial charge < -0.3 is 5.11 Å². The zero-order valence-corrected chi connectivity index (χ0v) is 11.4. The first-order valence-corrected chi connectivity index (χ1v) is 8.15. The molecular formula is C13H18FNO3S. The summed E-state index contributed by atoms with van der Waals surface area (Å²) in [5.74, 6) is -0.110. The minimum atomic E-state index is -2.95. The number of aliphatic hydroxyl groups excluding tert-OH is 1. The van der Waals surface area contributed by atoms with Crippen molar-refractivity contribution in [1.82, 2.24) is 4.90 Å². The molecule has 19 heavy (non-hydrogen) atoms. The Bertz CT molecular complexity index is 518. The fraction of sp³-hybridized carbons (Fsp3) is 0.538. The lowest BCUT2D eigenvalue weighted by Crippen LogP contribution is -2.42. The highest BCUT2D eigenvalue weighted by Gasteiger charge is 2.28. The maximum absolute atomic E-state index is 13.8. The molecule has 0 bridgehead atoms. The van der Waals surface area contributed by atoms with Crippen molar-refractivity contribution in [3.63, 3.8) is 0 Å². The van der Waals surface area contributed by atoms with Gasteiger partial charge in [-0.15, -0.1) is 0 Å². The van der Waals surface area contributed by atoms with E-state index < -0.39 is 9.84 Å². The number of hydrogen-bond donors (Lipinski definition) is 1. The van der Waals surface area contributed by atoms with Gasteiger partial charge in [0, 0.05) is 31.3 Å². The molecular weight excluding hydrogens is 269 g/mol. The molecule has 1 N–H and O–H groups in total. The smallest absolute Gasteiger partial charge is 0.152 e. The molecule has 1 aliphatic rings. The van der Waals surface area contributed by atoms with Crippen molar-refractivity contribution >= 4 is 9.84 Å². The molecule has 1 saturated heterocycles. The van der Waals surface area contributed by atoms with Crippen LogP contribution in [0.25, 0.3) is 0 Å². The van der Waals surface area contributed by atoms with Gasteiger partial charge in [0.05, 0.1) is 11.5 Å². The summed E-state index contributed by atoms with van der Waals surface area (Å²) in [6.07, 6.45) is 0.404. The summed E-state index contributed by atoms with van der Waals surface area (Å²) >= 11 is 0. The fourth-order valence-electron chi connectivity index (χ4n) is 2.44. The van der Waals surface area contributed by atoms with Crippen LogP contribution in [0.4, 0.5) is 4.39 Å². The molecule has 0 saturated carbocycles. The highest BCUT2D eigenvalue weighted by molar-refractivity contribution is 7.91. The van der Waals surface area contributed by atoms with E-state index in [0.717, 1.165) is 0 Å². The summed E-state index contributed by atoms with van der Waals surface area (Å²) in [4.78, 5) is 1.94. The second kappa shape index (κ2) is 5.98. The second-order valence-corrected chi connectivity index (χ2v) is 7.04. The first-order chi connectivity index (χ1) is 9.03. The van der Waals surface area contributed by atoms with E-state index in [1.54, 1.807) is 18.2 Å². The van der Waals surface area contributed by atoms with Crippen molar-refractivity contribution in [3.8, 4) is 0 Å². The van der Waals surface area contributed by atoms with Crippen molar-refractivity contribution in [2.75, 3.05) is 31.2 Å². The van der Waals surface area contributed by atoms with Gasteiger partial charge in [-0.3, -0.25) is 4.90 Å². The van der Waals surface area contributed by atoms with Gasteiger partial charge in [-0.1, -0.05) is 18.2 Å². The highest BCUT2D eigenvalue weighted by atomic mass is 32.2. The summed E-state index contributed by atoms with van der Waals surface area (Å²) in [7, 11) is -2.95. The van der Waals surface area contributed by atoms with Crippen LogP contribution in [-0.4, -0.2) is 49.6 Å². The lowest BCUT2D eigenvalue weighted by molar-refractivity contribution is 0.164. The first kappa shape index (κ1) is 14.4. The predicted molar refractivity (Wildman–Crippen MR) is 71.1 cm³/mol. The Balaban J connectivity index is 2.19. The molecule has 1 heterocycles.